The van der Waals surface area contributed by atoms with E-state index in [1.54, 1.807) is 11.8 Å². The Kier molecular flexibility index (Phi) is 4.50. The van der Waals surface area contributed by atoms with Crippen LogP contribution in [-0.4, -0.2) is 42.4 Å². The standard InChI is InChI=1S/C13H24N2O2S2/c1-4-10(5-2)11-8-14-12(18-11)15-13(3)6-7-19(16,17)9-13/h10-11H,4-9H2,1-3H3,(H,14,15). The molecule has 4 nitrogen and oxygen atoms in total. The predicted octanol–water partition coefficient (Wildman–Crippen LogP) is 2.06. The van der Waals surface area contributed by atoms with Gasteiger partial charge in [0.05, 0.1) is 23.6 Å². The number of sulfone groups is 1. The Labute approximate surface area is 120 Å². The summed E-state index contributed by atoms with van der Waals surface area (Å²) in [5.41, 5.74) is -0.326. The number of nitrogens with one attached hydrogen (secondary N) is 1. The van der Waals surface area contributed by atoms with Gasteiger partial charge in [0.25, 0.3) is 0 Å². The maximum Gasteiger partial charge on any atom is 0.157 e. The van der Waals surface area contributed by atoms with Crippen molar-refractivity contribution in [1.29, 1.82) is 0 Å². The lowest BCUT2D eigenvalue weighted by Gasteiger charge is -2.25. The molecule has 0 saturated carbocycles. The van der Waals surface area contributed by atoms with E-state index in [2.05, 4.69) is 24.2 Å². The molecule has 1 saturated heterocycles. The van der Waals surface area contributed by atoms with Gasteiger partial charge in [-0.15, -0.1) is 0 Å². The van der Waals surface area contributed by atoms with Crippen LogP contribution in [0.4, 0.5) is 0 Å². The Balaban J connectivity index is 1.92. The lowest BCUT2D eigenvalue weighted by molar-refractivity contribution is 0.474. The first-order valence-corrected chi connectivity index (χ1v) is 9.77. The fraction of sp³-hybridized carbons (Fsp3) is 0.923. The Morgan fingerprint density at radius 2 is 2.16 bits per heavy atom. The van der Waals surface area contributed by atoms with Gasteiger partial charge >= 0.3 is 0 Å². The van der Waals surface area contributed by atoms with Gasteiger partial charge in [0.15, 0.2) is 15.0 Å². The minimum absolute atomic E-state index is 0.231. The molecule has 2 heterocycles. The van der Waals surface area contributed by atoms with Crippen molar-refractivity contribution in [3.63, 3.8) is 0 Å². The quantitative estimate of drug-likeness (QED) is 0.864. The summed E-state index contributed by atoms with van der Waals surface area (Å²) in [6.45, 7) is 7.31. The van der Waals surface area contributed by atoms with Crippen LogP contribution in [0.15, 0.2) is 4.99 Å². The summed E-state index contributed by atoms with van der Waals surface area (Å²) in [7, 11) is -2.86. The van der Waals surface area contributed by atoms with Gasteiger partial charge in [-0.2, -0.15) is 0 Å². The highest BCUT2D eigenvalue weighted by atomic mass is 32.2. The van der Waals surface area contributed by atoms with Gasteiger partial charge in [-0.25, -0.2) is 8.42 Å². The van der Waals surface area contributed by atoms with Gasteiger partial charge in [-0.05, 0) is 19.3 Å². The van der Waals surface area contributed by atoms with Gasteiger partial charge in [-0.1, -0.05) is 38.5 Å². The van der Waals surface area contributed by atoms with Crippen LogP contribution in [0.1, 0.15) is 40.0 Å². The molecule has 1 fully saturated rings. The third kappa shape index (κ3) is 3.66. The maximum absolute atomic E-state index is 11.6. The van der Waals surface area contributed by atoms with Crippen molar-refractivity contribution in [2.24, 2.45) is 10.9 Å². The Morgan fingerprint density at radius 3 is 2.68 bits per heavy atom. The number of hydrogen-bond donors (Lipinski definition) is 1. The molecule has 6 heteroatoms. The van der Waals surface area contributed by atoms with Gasteiger partial charge in [-0.3, -0.25) is 4.99 Å². The van der Waals surface area contributed by atoms with Crippen LogP contribution in [0, 0.1) is 5.92 Å². The van der Waals surface area contributed by atoms with E-state index in [4.69, 9.17) is 0 Å². The van der Waals surface area contributed by atoms with Crippen molar-refractivity contribution in [3.8, 4) is 0 Å². The van der Waals surface area contributed by atoms with Crippen molar-refractivity contribution in [2.75, 3.05) is 18.1 Å². The van der Waals surface area contributed by atoms with E-state index in [9.17, 15) is 8.42 Å². The molecule has 2 unspecified atom stereocenters. The largest absolute Gasteiger partial charge is 0.359 e. The second kappa shape index (κ2) is 5.64. The van der Waals surface area contributed by atoms with Gasteiger partial charge in [0.2, 0.25) is 0 Å². The first kappa shape index (κ1) is 15.2. The SMILES string of the molecule is CCC(CC)C1CN=C(NC2(C)CCS(=O)(=O)C2)S1. The number of nitrogens with zero attached hydrogens (tertiary/aromatic N) is 1. The molecule has 2 rings (SSSR count). The van der Waals surface area contributed by atoms with E-state index in [1.165, 1.54) is 12.8 Å². The Hall–Kier alpha value is -0.230. The summed E-state index contributed by atoms with van der Waals surface area (Å²) in [6.07, 6.45) is 3.05. The molecule has 0 bridgehead atoms. The van der Waals surface area contributed by atoms with E-state index in [0.29, 0.717) is 23.3 Å². The smallest absolute Gasteiger partial charge is 0.157 e. The van der Waals surface area contributed by atoms with Crippen LogP contribution in [-0.2, 0) is 9.84 Å². The van der Waals surface area contributed by atoms with E-state index in [-0.39, 0.29) is 11.3 Å². The highest BCUT2D eigenvalue weighted by molar-refractivity contribution is 8.14. The minimum Gasteiger partial charge on any atom is -0.359 e. The second-order valence-corrected chi connectivity index (χ2v) is 9.32. The second-order valence-electron chi connectivity index (χ2n) is 5.91. The average molecular weight is 304 g/mol. The zero-order valence-corrected chi connectivity index (χ0v) is 13.6. The summed E-state index contributed by atoms with van der Waals surface area (Å²) in [4.78, 5) is 4.56. The molecule has 0 radical (unpaired) electrons. The molecule has 2 atom stereocenters. The molecule has 110 valence electrons. The number of amidine groups is 1. The highest BCUT2D eigenvalue weighted by Gasteiger charge is 2.40. The molecule has 2 aliphatic heterocycles. The van der Waals surface area contributed by atoms with Crippen LogP contribution in [0.25, 0.3) is 0 Å². The van der Waals surface area contributed by atoms with Crippen molar-refractivity contribution in [3.05, 3.63) is 0 Å². The Morgan fingerprint density at radius 1 is 1.47 bits per heavy atom. The average Bonchev–Trinajstić information content (AvgIpc) is 2.86. The molecule has 2 aliphatic rings. The van der Waals surface area contributed by atoms with Crippen molar-refractivity contribution >= 4 is 26.8 Å². The van der Waals surface area contributed by atoms with Crippen molar-refractivity contribution in [1.82, 2.24) is 5.32 Å². The third-order valence-electron chi connectivity index (χ3n) is 4.16. The van der Waals surface area contributed by atoms with Crippen molar-refractivity contribution in [2.45, 2.75) is 50.8 Å². The summed E-state index contributed by atoms with van der Waals surface area (Å²) >= 11 is 1.80. The van der Waals surface area contributed by atoms with Gasteiger partial charge in [0, 0.05) is 5.25 Å². The van der Waals surface area contributed by atoms with Crippen LogP contribution < -0.4 is 5.32 Å². The molecule has 0 aromatic rings. The monoisotopic (exact) mass is 304 g/mol. The summed E-state index contributed by atoms with van der Waals surface area (Å²) < 4.78 is 23.2. The van der Waals surface area contributed by atoms with E-state index < -0.39 is 9.84 Å². The van der Waals surface area contributed by atoms with Crippen LogP contribution >= 0.6 is 11.8 Å². The Bertz CT molecular complexity index is 457. The lowest BCUT2D eigenvalue weighted by atomic mass is 9.99. The molecule has 0 spiro atoms. The zero-order chi connectivity index (χ0) is 14.1. The fourth-order valence-corrected chi connectivity index (χ4v) is 6.45. The van der Waals surface area contributed by atoms with Gasteiger partial charge in [0.1, 0.15) is 0 Å². The normalized spacial score (nSPS) is 33.7. The number of aliphatic imine (C=N–C) groups is 1. The molecule has 0 amide bonds. The summed E-state index contributed by atoms with van der Waals surface area (Å²) in [6, 6.07) is 0. The molecule has 1 N–H and O–H groups in total. The topological polar surface area (TPSA) is 58.5 Å². The molecule has 0 aromatic heterocycles. The minimum atomic E-state index is -2.86. The highest BCUT2D eigenvalue weighted by Crippen LogP contribution is 2.32. The zero-order valence-electron chi connectivity index (χ0n) is 12.0. The van der Waals surface area contributed by atoms with Crippen LogP contribution in [0.3, 0.4) is 0 Å². The van der Waals surface area contributed by atoms with Crippen LogP contribution in [0.5, 0.6) is 0 Å². The van der Waals surface area contributed by atoms with Crippen molar-refractivity contribution < 1.29 is 8.42 Å². The molecular formula is C13H24N2O2S2. The lowest BCUT2D eigenvalue weighted by Crippen LogP contribution is -2.45. The van der Waals surface area contributed by atoms with E-state index >= 15 is 0 Å². The van der Waals surface area contributed by atoms with Crippen LogP contribution in [0.2, 0.25) is 0 Å². The number of hydrogen-bond acceptors (Lipinski definition) is 5. The van der Waals surface area contributed by atoms with E-state index in [0.717, 1.165) is 11.7 Å². The molecule has 0 aliphatic carbocycles. The summed E-state index contributed by atoms with van der Waals surface area (Å²) in [5, 5.41) is 4.87. The molecule has 19 heavy (non-hydrogen) atoms. The number of thioether (sulfide) groups is 1. The fourth-order valence-electron chi connectivity index (χ4n) is 2.89. The first-order chi connectivity index (χ1) is 8.87. The van der Waals surface area contributed by atoms with Gasteiger partial charge < -0.3 is 5.32 Å². The predicted molar refractivity (Wildman–Crippen MR) is 82.6 cm³/mol. The first-order valence-electron chi connectivity index (χ1n) is 7.07. The summed E-state index contributed by atoms with van der Waals surface area (Å²) in [5.74, 6) is 1.23. The maximum atomic E-state index is 11.6. The third-order valence-corrected chi connectivity index (χ3v) is 7.36. The van der Waals surface area contributed by atoms with E-state index in [1.807, 2.05) is 6.92 Å². The molecular weight excluding hydrogens is 280 g/mol. The number of rotatable bonds is 4. The molecule has 0 aromatic carbocycles.